The van der Waals surface area contributed by atoms with Gasteiger partial charge in [-0.2, -0.15) is 22.0 Å². The van der Waals surface area contributed by atoms with Crippen LogP contribution in [0.1, 0.15) is 49.3 Å². The van der Waals surface area contributed by atoms with E-state index in [-0.39, 0.29) is 17.5 Å². The highest BCUT2D eigenvalue weighted by Crippen LogP contribution is 2.32. The second-order valence-electron chi connectivity index (χ2n) is 7.45. The van der Waals surface area contributed by atoms with Crippen LogP contribution in [0.5, 0.6) is 5.75 Å². The highest BCUT2D eigenvalue weighted by Gasteiger charge is 2.31. The van der Waals surface area contributed by atoms with Crippen LogP contribution in [0.2, 0.25) is 0 Å². The van der Waals surface area contributed by atoms with Crippen molar-refractivity contribution in [3.8, 4) is 5.75 Å². The summed E-state index contributed by atoms with van der Waals surface area (Å²) in [4.78, 5) is 13.0. The van der Waals surface area contributed by atoms with E-state index in [4.69, 9.17) is 0 Å². The first-order chi connectivity index (χ1) is 14.7. The maximum atomic E-state index is 13.1. The molecule has 0 saturated heterocycles. The van der Waals surface area contributed by atoms with Crippen LogP contribution in [0.3, 0.4) is 0 Å². The summed E-state index contributed by atoms with van der Waals surface area (Å²) in [5.41, 5.74) is -0.316. The summed E-state index contributed by atoms with van der Waals surface area (Å²) < 4.78 is 68.3. The number of carbonyl (C=O) groups excluding carboxylic acids is 1. The topological polar surface area (TPSA) is 50.4 Å². The van der Waals surface area contributed by atoms with E-state index in [0.29, 0.717) is 5.56 Å². The quantitative estimate of drug-likeness (QED) is 0.525. The molecule has 168 valence electrons. The van der Waals surface area contributed by atoms with E-state index in [0.717, 1.165) is 44.2 Å². The average molecular weight is 442 g/mol. The predicted octanol–water partition coefficient (Wildman–Crippen LogP) is 5.91. The third-order valence-corrected chi connectivity index (χ3v) is 5.15. The lowest BCUT2D eigenvalue weighted by molar-refractivity contribution is -0.137. The molecule has 4 nitrogen and oxygen atoms in total. The molecule has 31 heavy (non-hydrogen) atoms. The lowest BCUT2D eigenvalue weighted by Gasteiger charge is -2.27. The zero-order valence-electron chi connectivity index (χ0n) is 16.6. The Morgan fingerprint density at radius 1 is 1.00 bits per heavy atom. The van der Waals surface area contributed by atoms with Gasteiger partial charge >= 0.3 is 12.8 Å². The van der Waals surface area contributed by atoms with Crippen molar-refractivity contribution in [3.05, 3.63) is 59.7 Å². The molecule has 0 bridgehead atoms. The van der Waals surface area contributed by atoms with Crippen LogP contribution in [0.15, 0.2) is 48.5 Å². The van der Waals surface area contributed by atoms with Gasteiger partial charge in [0.25, 0.3) is 0 Å². The van der Waals surface area contributed by atoms with Gasteiger partial charge in [-0.25, -0.2) is 0 Å². The third kappa shape index (κ3) is 6.57. The molecule has 0 aromatic heterocycles. The van der Waals surface area contributed by atoms with Crippen LogP contribution < -0.4 is 15.4 Å². The minimum Gasteiger partial charge on any atom is -0.435 e. The van der Waals surface area contributed by atoms with E-state index in [1.54, 1.807) is 0 Å². The van der Waals surface area contributed by atoms with E-state index < -0.39 is 30.3 Å². The molecule has 0 radical (unpaired) electrons. The number of rotatable bonds is 7. The van der Waals surface area contributed by atoms with Crippen molar-refractivity contribution in [2.24, 2.45) is 0 Å². The molecular weight excluding hydrogens is 419 g/mol. The largest absolute Gasteiger partial charge is 0.435 e. The Labute approximate surface area is 176 Å². The minimum atomic E-state index is -4.52. The zero-order chi connectivity index (χ0) is 22.4. The van der Waals surface area contributed by atoms with Crippen molar-refractivity contribution in [3.63, 3.8) is 0 Å². The first-order valence-electron chi connectivity index (χ1n) is 10.0. The van der Waals surface area contributed by atoms with Crippen LogP contribution in [-0.2, 0) is 11.0 Å². The lowest BCUT2D eigenvalue weighted by Crippen LogP contribution is -2.41. The van der Waals surface area contributed by atoms with Crippen molar-refractivity contribution in [1.82, 2.24) is 5.32 Å². The molecule has 0 heterocycles. The fourth-order valence-electron chi connectivity index (χ4n) is 3.63. The van der Waals surface area contributed by atoms with Gasteiger partial charge in [-0.3, -0.25) is 4.79 Å². The fourth-order valence-corrected chi connectivity index (χ4v) is 3.63. The average Bonchev–Trinajstić information content (AvgIpc) is 2.72. The van der Waals surface area contributed by atoms with E-state index in [9.17, 15) is 26.7 Å². The van der Waals surface area contributed by atoms with Gasteiger partial charge in [0.1, 0.15) is 11.8 Å². The molecule has 1 amide bonds. The molecule has 1 atom stereocenters. The van der Waals surface area contributed by atoms with Gasteiger partial charge in [-0.15, -0.1) is 0 Å². The number of amides is 1. The normalized spacial score (nSPS) is 16.1. The Morgan fingerprint density at radius 2 is 1.68 bits per heavy atom. The van der Waals surface area contributed by atoms with E-state index in [2.05, 4.69) is 15.4 Å². The summed E-state index contributed by atoms with van der Waals surface area (Å²) in [6.45, 7) is -2.99. The predicted molar refractivity (Wildman–Crippen MR) is 106 cm³/mol. The molecule has 3 rings (SSSR count). The molecule has 0 spiro atoms. The highest BCUT2D eigenvalue weighted by atomic mass is 19.4. The summed E-state index contributed by atoms with van der Waals surface area (Å²) in [5, 5.41) is 5.81. The highest BCUT2D eigenvalue weighted by molar-refractivity contribution is 5.86. The number of nitrogens with one attached hydrogen (secondary N) is 2. The van der Waals surface area contributed by atoms with Crippen LogP contribution in [0, 0.1) is 0 Å². The molecule has 1 aliphatic carbocycles. The molecule has 1 unspecified atom stereocenters. The van der Waals surface area contributed by atoms with Crippen LogP contribution >= 0.6 is 0 Å². The van der Waals surface area contributed by atoms with Gasteiger partial charge in [-0.05, 0) is 48.7 Å². The minimum absolute atomic E-state index is 0.00602. The van der Waals surface area contributed by atoms with Crippen molar-refractivity contribution >= 4 is 11.6 Å². The van der Waals surface area contributed by atoms with Gasteiger partial charge in [0.05, 0.1) is 5.56 Å². The Balaban J connectivity index is 1.84. The second kappa shape index (κ2) is 9.98. The molecule has 9 heteroatoms. The number of hydrogen-bond donors (Lipinski definition) is 2. The molecule has 1 saturated carbocycles. The summed E-state index contributed by atoms with van der Waals surface area (Å²) >= 11 is 0. The fraction of sp³-hybridized carbons (Fsp3) is 0.409. The molecule has 0 aliphatic heterocycles. The zero-order valence-corrected chi connectivity index (χ0v) is 16.6. The number of carbonyl (C=O) groups is 1. The lowest BCUT2D eigenvalue weighted by atomic mass is 9.95. The van der Waals surface area contributed by atoms with Crippen molar-refractivity contribution in [2.75, 3.05) is 5.32 Å². The van der Waals surface area contributed by atoms with Crippen LogP contribution in [0.25, 0.3) is 0 Å². The van der Waals surface area contributed by atoms with Crippen molar-refractivity contribution in [2.45, 2.75) is 57.0 Å². The standard InChI is InChI=1S/C22H23F5N2O2/c23-21(24)31-18-11-9-14(10-12-18)19(20(30)29-16-6-2-1-3-7-16)28-17-8-4-5-15(13-17)22(25,26)27/h4-5,8-13,16,19,21,28H,1-3,6-7H2,(H,29,30). The van der Waals surface area contributed by atoms with Crippen molar-refractivity contribution in [1.29, 1.82) is 0 Å². The summed E-state index contributed by atoms with van der Waals surface area (Å²) in [5.74, 6) is -0.476. The molecule has 2 aromatic carbocycles. The number of benzene rings is 2. The van der Waals surface area contributed by atoms with Crippen LogP contribution in [0.4, 0.5) is 27.6 Å². The molecular formula is C22H23F5N2O2. The number of halogens is 5. The maximum Gasteiger partial charge on any atom is 0.416 e. The van der Waals surface area contributed by atoms with Gasteiger partial charge in [0.15, 0.2) is 0 Å². The third-order valence-electron chi connectivity index (χ3n) is 5.15. The Morgan fingerprint density at radius 3 is 2.29 bits per heavy atom. The summed E-state index contributed by atoms with van der Waals surface area (Å²) in [6, 6.07) is 8.98. The van der Waals surface area contributed by atoms with E-state index >= 15 is 0 Å². The number of ether oxygens (including phenoxy) is 1. The Kier molecular flexibility index (Phi) is 7.35. The van der Waals surface area contributed by atoms with Gasteiger partial charge in [-0.1, -0.05) is 37.5 Å². The van der Waals surface area contributed by atoms with Gasteiger partial charge < -0.3 is 15.4 Å². The van der Waals surface area contributed by atoms with Crippen LogP contribution in [-0.4, -0.2) is 18.6 Å². The van der Waals surface area contributed by atoms with Gasteiger partial charge in [0.2, 0.25) is 5.91 Å². The monoisotopic (exact) mass is 442 g/mol. The molecule has 1 fully saturated rings. The number of hydrogen-bond acceptors (Lipinski definition) is 3. The van der Waals surface area contributed by atoms with E-state index in [1.807, 2.05) is 0 Å². The first kappa shape index (κ1) is 22.8. The second-order valence-corrected chi connectivity index (χ2v) is 7.45. The summed E-state index contributed by atoms with van der Waals surface area (Å²) in [6.07, 6.45) is 0.245. The number of anilines is 1. The van der Waals surface area contributed by atoms with Crippen molar-refractivity contribution < 1.29 is 31.5 Å². The van der Waals surface area contributed by atoms with Gasteiger partial charge in [0, 0.05) is 11.7 Å². The Bertz CT molecular complexity index is 865. The smallest absolute Gasteiger partial charge is 0.416 e. The van der Waals surface area contributed by atoms with E-state index in [1.165, 1.54) is 36.4 Å². The molecule has 2 aromatic rings. The maximum absolute atomic E-state index is 13.1. The summed E-state index contributed by atoms with van der Waals surface area (Å²) in [7, 11) is 0. The molecule has 2 N–H and O–H groups in total. The molecule has 1 aliphatic rings. The SMILES string of the molecule is O=C(NC1CCCCC1)C(Nc1cccc(C(F)(F)F)c1)c1ccc(OC(F)F)cc1. The Hall–Kier alpha value is -2.84. The number of alkyl halides is 5. The first-order valence-corrected chi connectivity index (χ1v) is 10.0.